The fourth-order valence-electron chi connectivity index (χ4n) is 3.59. The third kappa shape index (κ3) is 6.66. The SMILES string of the molecule is CC(C)(C)C(=O)N1CCCC(C(=O)NC(CCC(=O)O)Cc2ccccc2)C1. The predicted molar refractivity (Wildman–Crippen MR) is 108 cm³/mol. The number of hydrogen-bond donors (Lipinski definition) is 2. The Morgan fingerprint density at radius 2 is 1.89 bits per heavy atom. The quantitative estimate of drug-likeness (QED) is 0.752. The largest absolute Gasteiger partial charge is 0.481 e. The van der Waals surface area contributed by atoms with Crippen LogP contribution in [0.25, 0.3) is 0 Å². The molecule has 2 rings (SSSR count). The summed E-state index contributed by atoms with van der Waals surface area (Å²) in [4.78, 5) is 38.2. The Kier molecular flexibility index (Phi) is 7.61. The highest BCUT2D eigenvalue weighted by molar-refractivity contribution is 5.84. The molecular weight excluding hydrogens is 356 g/mol. The summed E-state index contributed by atoms with van der Waals surface area (Å²) in [6, 6.07) is 9.51. The van der Waals surface area contributed by atoms with E-state index in [1.54, 1.807) is 4.90 Å². The van der Waals surface area contributed by atoms with Gasteiger partial charge in [0.05, 0.1) is 5.92 Å². The zero-order chi connectivity index (χ0) is 20.7. The number of nitrogens with zero attached hydrogens (tertiary/aromatic N) is 1. The van der Waals surface area contributed by atoms with E-state index in [4.69, 9.17) is 5.11 Å². The molecule has 0 saturated carbocycles. The summed E-state index contributed by atoms with van der Waals surface area (Å²) in [6.07, 6.45) is 2.54. The van der Waals surface area contributed by atoms with Crippen LogP contribution in [0.3, 0.4) is 0 Å². The minimum Gasteiger partial charge on any atom is -0.481 e. The first-order valence-corrected chi connectivity index (χ1v) is 10.0. The number of carbonyl (C=O) groups excluding carboxylic acids is 2. The number of aliphatic carboxylic acids is 1. The Bertz CT molecular complexity index is 682. The molecule has 6 nitrogen and oxygen atoms in total. The van der Waals surface area contributed by atoms with Gasteiger partial charge in [0, 0.05) is 31.0 Å². The van der Waals surface area contributed by atoms with Gasteiger partial charge in [-0.15, -0.1) is 0 Å². The molecule has 2 unspecified atom stereocenters. The number of nitrogens with one attached hydrogen (secondary N) is 1. The van der Waals surface area contributed by atoms with E-state index >= 15 is 0 Å². The maximum absolute atomic E-state index is 12.9. The third-order valence-corrected chi connectivity index (χ3v) is 5.10. The molecule has 28 heavy (non-hydrogen) atoms. The van der Waals surface area contributed by atoms with Crippen molar-refractivity contribution in [3.63, 3.8) is 0 Å². The highest BCUT2D eigenvalue weighted by atomic mass is 16.4. The Balaban J connectivity index is 2.00. The lowest BCUT2D eigenvalue weighted by atomic mass is 9.90. The average Bonchev–Trinajstić information content (AvgIpc) is 2.65. The molecule has 2 N–H and O–H groups in total. The zero-order valence-electron chi connectivity index (χ0n) is 17.1. The Hall–Kier alpha value is -2.37. The van der Waals surface area contributed by atoms with Gasteiger partial charge in [0.2, 0.25) is 11.8 Å². The molecule has 1 aliphatic heterocycles. The van der Waals surface area contributed by atoms with Crippen molar-refractivity contribution in [1.82, 2.24) is 10.2 Å². The second-order valence-electron chi connectivity index (χ2n) is 8.67. The van der Waals surface area contributed by atoms with Crippen LogP contribution in [-0.2, 0) is 20.8 Å². The van der Waals surface area contributed by atoms with Crippen LogP contribution in [-0.4, -0.2) is 46.9 Å². The lowest BCUT2D eigenvalue weighted by molar-refractivity contribution is -0.143. The van der Waals surface area contributed by atoms with Crippen molar-refractivity contribution >= 4 is 17.8 Å². The maximum Gasteiger partial charge on any atom is 0.303 e. The number of carbonyl (C=O) groups is 3. The van der Waals surface area contributed by atoms with Gasteiger partial charge in [0.15, 0.2) is 0 Å². The molecule has 2 atom stereocenters. The fourth-order valence-corrected chi connectivity index (χ4v) is 3.59. The van der Waals surface area contributed by atoms with Crippen molar-refractivity contribution in [2.24, 2.45) is 11.3 Å². The molecule has 0 aliphatic carbocycles. The Morgan fingerprint density at radius 3 is 2.50 bits per heavy atom. The molecule has 154 valence electrons. The van der Waals surface area contributed by atoms with Gasteiger partial charge in [-0.2, -0.15) is 0 Å². The van der Waals surface area contributed by atoms with E-state index in [0.717, 1.165) is 18.4 Å². The number of likely N-dealkylation sites (tertiary alicyclic amines) is 1. The zero-order valence-corrected chi connectivity index (χ0v) is 17.1. The summed E-state index contributed by atoms with van der Waals surface area (Å²) in [5.74, 6) is -1.13. The number of hydrogen-bond acceptors (Lipinski definition) is 3. The van der Waals surface area contributed by atoms with Crippen molar-refractivity contribution < 1.29 is 19.5 Å². The highest BCUT2D eigenvalue weighted by Gasteiger charge is 2.33. The van der Waals surface area contributed by atoms with Gasteiger partial charge >= 0.3 is 5.97 Å². The number of benzene rings is 1. The van der Waals surface area contributed by atoms with Crippen molar-refractivity contribution in [1.29, 1.82) is 0 Å². The molecule has 1 saturated heterocycles. The van der Waals surface area contributed by atoms with Crippen molar-refractivity contribution in [3.05, 3.63) is 35.9 Å². The normalized spacial score (nSPS) is 18.4. The summed E-state index contributed by atoms with van der Waals surface area (Å²) >= 11 is 0. The summed E-state index contributed by atoms with van der Waals surface area (Å²) in [5.41, 5.74) is 0.599. The first kappa shape index (κ1) is 21.9. The fraction of sp³-hybridized carbons (Fsp3) is 0.591. The van der Waals surface area contributed by atoms with Gasteiger partial charge in [-0.1, -0.05) is 51.1 Å². The van der Waals surface area contributed by atoms with Crippen molar-refractivity contribution in [3.8, 4) is 0 Å². The molecule has 0 bridgehead atoms. The summed E-state index contributed by atoms with van der Waals surface area (Å²) in [6.45, 7) is 6.79. The van der Waals surface area contributed by atoms with Crippen LogP contribution in [0.15, 0.2) is 30.3 Å². The van der Waals surface area contributed by atoms with E-state index in [2.05, 4.69) is 5.32 Å². The number of rotatable bonds is 7. The smallest absolute Gasteiger partial charge is 0.303 e. The average molecular weight is 389 g/mol. The molecule has 1 aromatic rings. The third-order valence-electron chi connectivity index (χ3n) is 5.10. The molecule has 0 radical (unpaired) electrons. The molecule has 1 aromatic carbocycles. The predicted octanol–water partition coefficient (Wildman–Crippen LogP) is 2.86. The molecular formula is C22H32N2O4. The highest BCUT2D eigenvalue weighted by Crippen LogP contribution is 2.24. The van der Waals surface area contributed by atoms with Gasteiger partial charge in [-0.3, -0.25) is 14.4 Å². The van der Waals surface area contributed by atoms with Crippen LogP contribution in [0.5, 0.6) is 0 Å². The van der Waals surface area contributed by atoms with Crippen LogP contribution < -0.4 is 5.32 Å². The standard InChI is InChI=1S/C22H32N2O4/c1-22(2,3)21(28)24-13-7-10-17(15-24)20(27)23-18(11-12-19(25)26)14-16-8-5-4-6-9-16/h4-6,8-9,17-18H,7,10-15H2,1-3H3,(H,23,27)(H,25,26). The van der Waals surface area contributed by atoms with E-state index in [1.165, 1.54) is 0 Å². The molecule has 2 amide bonds. The van der Waals surface area contributed by atoms with Crippen molar-refractivity contribution in [2.75, 3.05) is 13.1 Å². The number of piperidine rings is 1. The van der Waals surface area contributed by atoms with E-state index in [0.29, 0.717) is 25.9 Å². The van der Waals surface area contributed by atoms with E-state index in [1.807, 2.05) is 51.1 Å². The molecule has 0 aromatic heterocycles. The Morgan fingerprint density at radius 1 is 1.21 bits per heavy atom. The molecule has 6 heteroatoms. The minimum absolute atomic E-state index is 0.0110. The molecule has 0 spiro atoms. The number of carboxylic acids is 1. The first-order chi connectivity index (χ1) is 13.2. The van der Waals surface area contributed by atoms with Crippen LogP contribution in [0.1, 0.15) is 52.0 Å². The van der Waals surface area contributed by atoms with E-state index in [-0.39, 0.29) is 30.2 Å². The van der Waals surface area contributed by atoms with Gasteiger partial charge in [-0.25, -0.2) is 0 Å². The van der Waals surface area contributed by atoms with Gasteiger partial charge in [0.1, 0.15) is 0 Å². The van der Waals surface area contributed by atoms with E-state index < -0.39 is 11.4 Å². The van der Waals surface area contributed by atoms with Crippen molar-refractivity contribution in [2.45, 2.75) is 58.9 Å². The second-order valence-corrected chi connectivity index (χ2v) is 8.67. The number of carboxylic acid groups (broad SMARTS) is 1. The van der Waals surface area contributed by atoms with E-state index in [9.17, 15) is 14.4 Å². The van der Waals surface area contributed by atoms with Gasteiger partial charge in [-0.05, 0) is 31.2 Å². The monoisotopic (exact) mass is 388 g/mol. The van der Waals surface area contributed by atoms with Crippen LogP contribution >= 0.6 is 0 Å². The van der Waals surface area contributed by atoms with Crippen LogP contribution in [0, 0.1) is 11.3 Å². The van der Waals surface area contributed by atoms with Crippen LogP contribution in [0.2, 0.25) is 0 Å². The molecule has 1 aliphatic rings. The Labute approximate surface area is 167 Å². The lowest BCUT2D eigenvalue weighted by Gasteiger charge is -2.36. The summed E-state index contributed by atoms with van der Waals surface area (Å²) in [5, 5.41) is 12.1. The summed E-state index contributed by atoms with van der Waals surface area (Å²) < 4.78 is 0. The van der Waals surface area contributed by atoms with Gasteiger partial charge < -0.3 is 15.3 Å². The van der Waals surface area contributed by atoms with Crippen LogP contribution in [0.4, 0.5) is 0 Å². The first-order valence-electron chi connectivity index (χ1n) is 10.0. The number of amides is 2. The topological polar surface area (TPSA) is 86.7 Å². The lowest BCUT2D eigenvalue weighted by Crippen LogP contribution is -2.50. The molecule has 1 fully saturated rings. The maximum atomic E-state index is 12.9. The van der Waals surface area contributed by atoms with Gasteiger partial charge in [0.25, 0.3) is 0 Å². The minimum atomic E-state index is -0.869. The second kappa shape index (κ2) is 9.71. The summed E-state index contributed by atoms with van der Waals surface area (Å²) in [7, 11) is 0. The molecule has 1 heterocycles.